The minimum atomic E-state index is 0.739. The maximum Gasteiger partial charge on any atom is 0.0492 e. The lowest BCUT2D eigenvalue weighted by molar-refractivity contribution is 0.256. The molecule has 1 fully saturated rings. The van der Waals surface area contributed by atoms with Gasteiger partial charge in [-0.3, -0.25) is 9.58 Å². The average molecular weight is 270 g/mol. The summed E-state index contributed by atoms with van der Waals surface area (Å²) >= 11 is 0. The number of benzene rings is 1. The largest absolute Gasteiger partial charge is 0.398 e. The molecule has 1 aromatic heterocycles. The molecule has 0 radical (unpaired) electrons. The summed E-state index contributed by atoms with van der Waals surface area (Å²) in [5.74, 6) is 0. The first kappa shape index (κ1) is 13.2. The topological polar surface area (TPSA) is 47.1 Å². The first-order chi connectivity index (χ1) is 9.74. The highest BCUT2D eigenvalue weighted by molar-refractivity contribution is 5.46. The van der Waals surface area contributed by atoms with Crippen molar-refractivity contribution >= 4 is 5.69 Å². The van der Waals surface area contributed by atoms with Crippen LogP contribution in [0.5, 0.6) is 0 Å². The van der Waals surface area contributed by atoms with E-state index in [2.05, 4.69) is 28.2 Å². The summed E-state index contributed by atoms with van der Waals surface area (Å²) < 4.78 is 1.96. The summed E-state index contributed by atoms with van der Waals surface area (Å²) in [6, 6.07) is 11.0. The second kappa shape index (κ2) is 5.67. The van der Waals surface area contributed by atoms with Crippen LogP contribution in [-0.2, 0) is 20.0 Å². The van der Waals surface area contributed by atoms with Crippen LogP contribution in [0.3, 0.4) is 0 Å². The summed E-state index contributed by atoms with van der Waals surface area (Å²) in [5.41, 5.74) is 9.49. The van der Waals surface area contributed by atoms with Crippen molar-refractivity contribution in [3.63, 3.8) is 0 Å². The number of hydrogen-bond acceptors (Lipinski definition) is 3. The lowest BCUT2D eigenvalue weighted by atomic mass is 10.1. The molecule has 4 heteroatoms. The van der Waals surface area contributed by atoms with Gasteiger partial charge >= 0.3 is 0 Å². The lowest BCUT2D eigenvalue weighted by Gasteiger charge is -2.22. The van der Waals surface area contributed by atoms with E-state index in [1.807, 2.05) is 30.1 Å². The zero-order chi connectivity index (χ0) is 13.9. The highest BCUT2D eigenvalue weighted by Crippen LogP contribution is 2.29. The molecule has 0 unspecified atom stereocenters. The number of aromatic nitrogens is 2. The number of hydrogen-bond donors (Lipinski definition) is 1. The molecule has 1 aromatic carbocycles. The summed E-state index contributed by atoms with van der Waals surface area (Å²) in [6.07, 6.45) is 5.54. The molecular weight excluding hydrogens is 248 g/mol. The highest BCUT2D eigenvalue weighted by atomic mass is 15.3. The van der Waals surface area contributed by atoms with Crippen molar-refractivity contribution < 1.29 is 0 Å². The third kappa shape index (κ3) is 3.02. The number of para-hydroxylation sites is 1. The normalized spacial score (nSPS) is 14.9. The highest BCUT2D eigenvalue weighted by Gasteiger charge is 2.29. The van der Waals surface area contributed by atoms with Crippen molar-refractivity contribution in [2.45, 2.75) is 31.8 Å². The molecule has 1 aliphatic carbocycles. The fourth-order valence-corrected chi connectivity index (χ4v) is 2.63. The second-order valence-corrected chi connectivity index (χ2v) is 5.60. The van der Waals surface area contributed by atoms with E-state index in [4.69, 9.17) is 5.73 Å². The first-order valence-corrected chi connectivity index (χ1v) is 7.28. The van der Waals surface area contributed by atoms with E-state index in [0.29, 0.717) is 0 Å². The fourth-order valence-electron chi connectivity index (χ4n) is 2.63. The van der Waals surface area contributed by atoms with E-state index in [1.165, 1.54) is 24.1 Å². The molecule has 106 valence electrons. The van der Waals surface area contributed by atoms with Crippen LogP contribution in [0.15, 0.2) is 36.5 Å². The Morgan fingerprint density at radius 2 is 2.10 bits per heavy atom. The molecule has 1 heterocycles. The van der Waals surface area contributed by atoms with Gasteiger partial charge in [0, 0.05) is 50.2 Å². The Bertz CT molecular complexity index is 571. The Morgan fingerprint density at radius 3 is 2.75 bits per heavy atom. The van der Waals surface area contributed by atoms with E-state index in [0.717, 1.165) is 31.2 Å². The molecule has 4 nitrogen and oxygen atoms in total. The van der Waals surface area contributed by atoms with E-state index >= 15 is 0 Å². The Kier molecular flexibility index (Phi) is 3.74. The van der Waals surface area contributed by atoms with Crippen LogP contribution >= 0.6 is 0 Å². The summed E-state index contributed by atoms with van der Waals surface area (Å²) in [5, 5.41) is 4.23. The van der Waals surface area contributed by atoms with Crippen molar-refractivity contribution in [2.24, 2.45) is 7.05 Å². The second-order valence-electron chi connectivity index (χ2n) is 5.60. The van der Waals surface area contributed by atoms with Gasteiger partial charge in [0.05, 0.1) is 0 Å². The van der Waals surface area contributed by atoms with Crippen LogP contribution in [0, 0.1) is 0 Å². The molecular formula is C16H22N4. The van der Waals surface area contributed by atoms with Gasteiger partial charge in [-0.05, 0) is 30.5 Å². The van der Waals surface area contributed by atoms with Gasteiger partial charge in [-0.1, -0.05) is 18.2 Å². The SMILES string of the molecule is Cn1nccc1CCN(Cc1ccccc1N)C1CC1. The van der Waals surface area contributed by atoms with Gasteiger partial charge in [-0.25, -0.2) is 0 Å². The molecule has 1 aliphatic rings. The van der Waals surface area contributed by atoms with Crippen LogP contribution in [0.4, 0.5) is 5.69 Å². The quantitative estimate of drug-likeness (QED) is 0.819. The molecule has 2 aromatic rings. The molecule has 0 saturated heterocycles. The summed E-state index contributed by atoms with van der Waals surface area (Å²) in [4.78, 5) is 2.55. The Hall–Kier alpha value is -1.81. The van der Waals surface area contributed by atoms with E-state index in [-0.39, 0.29) is 0 Å². The van der Waals surface area contributed by atoms with Gasteiger partial charge in [0.2, 0.25) is 0 Å². The smallest absolute Gasteiger partial charge is 0.0492 e. The molecule has 0 bridgehead atoms. The number of nitrogens with zero attached hydrogens (tertiary/aromatic N) is 3. The minimum Gasteiger partial charge on any atom is -0.398 e. The van der Waals surface area contributed by atoms with Crippen molar-refractivity contribution in [3.05, 3.63) is 47.8 Å². The number of nitrogens with two attached hydrogens (primary N) is 1. The van der Waals surface area contributed by atoms with Crippen LogP contribution in [0.1, 0.15) is 24.1 Å². The summed E-state index contributed by atoms with van der Waals surface area (Å²) in [7, 11) is 2.01. The lowest BCUT2D eigenvalue weighted by Crippen LogP contribution is -2.28. The molecule has 1 saturated carbocycles. The number of rotatable bonds is 6. The Balaban J connectivity index is 1.64. The zero-order valence-electron chi connectivity index (χ0n) is 12.0. The Morgan fingerprint density at radius 1 is 1.30 bits per heavy atom. The molecule has 0 amide bonds. The number of anilines is 1. The first-order valence-electron chi connectivity index (χ1n) is 7.28. The van der Waals surface area contributed by atoms with E-state index < -0.39 is 0 Å². The third-order valence-electron chi connectivity index (χ3n) is 4.07. The van der Waals surface area contributed by atoms with Crippen molar-refractivity contribution in [2.75, 3.05) is 12.3 Å². The number of aryl methyl sites for hydroxylation is 1. The minimum absolute atomic E-state index is 0.739. The van der Waals surface area contributed by atoms with Crippen LogP contribution in [0.25, 0.3) is 0 Å². The molecule has 2 N–H and O–H groups in total. The van der Waals surface area contributed by atoms with Gasteiger partial charge in [-0.15, -0.1) is 0 Å². The van der Waals surface area contributed by atoms with Gasteiger partial charge in [0.25, 0.3) is 0 Å². The summed E-state index contributed by atoms with van der Waals surface area (Å²) in [6.45, 7) is 2.02. The van der Waals surface area contributed by atoms with Gasteiger partial charge in [0.15, 0.2) is 0 Å². The predicted molar refractivity (Wildman–Crippen MR) is 81.2 cm³/mol. The van der Waals surface area contributed by atoms with Crippen molar-refractivity contribution in [1.29, 1.82) is 0 Å². The Labute approximate surface area is 120 Å². The predicted octanol–water partition coefficient (Wildman–Crippen LogP) is 2.21. The monoisotopic (exact) mass is 270 g/mol. The van der Waals surface area contributed by atoms with Gasteiger partial charge in [-0.2, -0.15) is 5.10 Å². The fraction of sp³-hybridized carbons (Fsp3) is 0.438. The van der Waals surface area contributed by atoms with E-state index in [1.54, 1.807) is 0 Å². The van der Waals surface area contributed by atoms with Crippen LogP contribution < -0.4 is 5.73 Å². The van der Waals surface area contributed by atoms with Gasteiger partial charge in [0.1, 0.15) is 0 Å². The third-order valence-corrected chi connectivity index (χ3v) is 4.07. The van der Waals surface area contributed by atoms with E-state index in [9.17, 15) is 0 Å². The van der Waals surface area contributed by atoms with Crippen LogP contribution in [0.2, 0.25) is 0 Å². The van der Waals surface area contributed by atoms with Crippen molar-refractivity contribution in [3.8, 4) is 0 Å². The molecule has 0 atom stereocenters. The van der Waals surface area contributed by atoms with Crippen LogP contribution in [-0.4, -0.2) is 27.3 Å². The molecule has 3 rings (SSSR count). The number of nitrogen functional groups attached to an aromatic ring is 1. The maximum atomic E-state index is 6.06. The maximum absolute atomic E-state index is 6.06. The van der Waals surface area contributed by atoms with Crippen molar-refractivity contribution in [1.82, 2.24) is 14.7 Å². The molecule has 0 aliphatic heterocycles. The average Bonchev–Trinajstić information content (AvgIpc) is 3.20. The van der Waals surface area contributed by atoms with Gasteiger partial charge < -0.3 is 5.73 Å². The molecule has 0 spiro atoms. The zero-order valence-corrected chi connectivity index (χ0v) is 12.0. The standard InChI is InChI=1S/C16H22N4/c1-19-14(8-10-18-19)9-11-20(15-6-7-15)12-13-4-2-3-5-16(13)17/h2-5,8,10,15H,6-7,9,11-12,17H2,1H3. The molecule has 20 heavy (non-hydrogen) atoms.